The molecule has 1 aromatic carbocycles. The number of aromatic nitrogens is 3. The molecule has 1 atom stereocenters. The van der Waals surface area contributed by atoms with Crippen LogP contribution in [-0.2, 0) is 7.05 Å². The molecule has 1 unspecified atom stereocenters. The van der Waals surface area contributed by atoms with E-state index in [1.54, 1.807) is 0 Å². The van der Waals surface area contributed by atoms with Crippen LogP contribution in [0, 0.1) is 5.92 Å². The van der Waals surface area contributed by atoms with Gasteiger partial charge in [-0.05, 0) is 56.3 Å². The number of hydrogen-bond donors (Lipinski definition) is 2. The van der Waals surface area contributed by atoms with Gasteiger partial charge in [0.1, 0.15) is 11.3 Å². The van der Waals surface area contributed by atoms with E-state index in [0.29, 0.717) is 32.2 Å². The summed E-state index contributed by atoms with van der Waals surface area (Å²) in [4.78, 5) is 22.1. The highest BCUT2D eigenvalue weighted by molar-refractivity contribution is 6.04. The molecule has 3 heterocycles. The fourth-order valence-electron chi connectivity index (χ4n) is 4.50. The normalized spacial score (nSPS) is 16.2. The Bertz CT molecular complexity index is 1070. The Morgan fingerprint density at radius 1 is 1.35 bits per heavy atom. The van der Waals surface area contributed by atoms with Gasteiger partial charge in [-0.15, -0.1) is 0 Å². The molecule has 0 bridgehead atoms. The predicted molar refractivity (Wildman–Crippen MR) is 121 cm³/mol. The fraction of sp³-hybridized carbons (Fsp3) is 0.522. The van der Waals surface area contributed by atoms with Crippen molar-refractivity contribution in [1.82, 2.24) is 19.4 Å². The number of nitrogens with two attached hydrogens (primary N) is 1. The molecule has 3 N–H and O–H groups in total. The molecule has 0 saturated carbocycles. The molecule has 0 spiro atoms. The van der Waals surface area contributed by atoms with Gasteiger partial charge in [0.25, 0.3) is 0 Å². The molecule has 1 aliphatic heterocycles. The van der Waals surface area contributed by atoms with Gasteiger partial charge in [0.15, 0.2) is 0 Å². The van der Waals surface area contributed by atoms with E-state index >= 15 is 0 Å². The van der Waals surface area contributed by atoms with Crippen LogP contribution in [0.1, 0.15) is 44.2 Å². The highest BCUT2D eigenvalue weighted by Gasteiger charge is 2.22. The number of piperidine rings is 1. The Morgan fingerprint density at radius 2 is 2.13 bits per heavy atom. The number of benzene rings is 1. The first-order valence-electron chi connectivity index (χ1n) is 11.0. The van der Waals surface area contributed by atoms with Crippen molar-refractivity contribution in [3.8, 4) is 5.75 Å². The third kappa shape index (κ3) is 4.44. The Kier molecular flexibility index (Phi) is 6.27. The monoisotopic (exact) mass is 425 g/mol. The summed E-state index contributed by atoms with van der Waals surface area (Å²) >= 11 is 0. The lowest BCUT2D eigenvalue weighted by Crippen LogP contribution is -2.37. The average molecular weight is 426 g/mol. The van der Waals surface area contributed by atoms with Gasteiger partial charge in [-0.2, -0.15) is 0 Å². The van der Waals surface area contributed by atoms with Crippen molar-refractivity contribution in [3.63, 3.8) is 0 Å². The minimum atomic E-state index is -0.818. The second-order valence-electron chi connectivity index (χ2n) is 8.56. The van der Waals surface area contributed by atoms with Crippen molar-refractivity contribution in [3.05, 3.63) is 30.2 Å². The van der Waals surface area contributed by atoms with Crippen LogP contribution < -0.4 is 10.5 Å². The molecule has 1 aliphatic rings. The van der Waals surface area contributed by atoms with E-state index in [1.807, 2.05) is 30.1 Å². The summed E-state index contributed by atoms with van der Waals surface area (Å²) in [6.45, 7) is 4.62. The van der Waals surface area contributed by atoms with Crippen LogP contribution >= 0.6 is 0 Å². The standard InChI is InChI=1S/C23H31N5O3/c1-15(5-9-24)20-21-22(27(2)14-25-21)18-13-17(3-4-19(18)26-20)31-12-8-16-6-10-28(11-7-16)23(29)30/h3-4,13-16H,5-12,24H2,1-2H3,(H,29,30). The van der Waals surface area contributed by atoms with Crippen LogP contribution in [0.5, 0.6) is 5.75 Å². The van der Waals surface area contributed by atoms with Gasteiger partial charge < -0.3 is 25.0 Å². The molecule has 4 rings (SSSR count). The SMILES string of the molecule is CC(CCN)c1nc2ccc(OCCC3CCN(C(=O)O)CC3)cc2c2c1ncn2C. The van der Waals surface area contributed by atoms with Crippen LogP contribution in [0.25, 0.3) is 21.9 Å². The maximum absolute atomic E-state index is 11.0. The second-order valence-corrected chi connectivity index (χ2v) is 8.56. The maximum Gasteiger partial charge on any atom is 0.407 e. The maximum atomic E-state index is 11.0. The van der Waals surface area contributed by atoms with Crippen molar-refractivity contribution < 1.29 is 14.6 Å². The molecule has 8 heteroatoms. The summed E-state index contributed by atoms with van der Waals surface area (Å²) in [6.07, 6.45) is 4.62. The minimum absolute atomic E-state index is 0.246. The molecule has 0 aliphatic carbocycles. The Balaban J connectivity index is 1.49. The van der Waals surface area contributed by atoms with E-state index in [-0.39, 0.29) is 5.92 Å². The highest BCUT2D eigenvalue weighted by atomic mass is 16.5. The Hall–Kier alpha value is -2.87. The number of fused-ring (bicyclic) bond motifs is 3. The number of likely N-dealkylation sites (tertiary alicyclic amines) is 1. The van der Waals surface area contributed by atoms with Crippen LogP contribution in [0.2, 0.25) is 0 Å². The lowest BCUT2D eigenvalue weighted by molar-refractivity contribution is 0.119. The van der Waals surface area contributed by atoms with E-state index in [0.717, 1.165) is 59.1 Å². The Labute approximate surface area is 182 Å². The molecule has 2 aromatic heterocycles. The first-order valence-corrected chi connectivity index (χ1v) is 11.0. The largest absolute Gasteiger partial charge is 0.494 e. The van der Waals surface area contributed by atoms with Crippen molar-refractivity contribution in [2.24, 2.45) is 18.7 Å². The minimum Gasteiger partial charge on any atom is -0.494 e. The number of amides is 1. The summed E-state index contributed by atoms with van der Waals surface area (Å²) in [5.74, 6) is 1.57. The van der Waals surface area contributed by atoms with Crippen molar-refractivity contribution >= 4 is 28.0 Å². The van der Waals surface area contributed by atoms with E-state index < -0.39 is 6.09 Å². The van der Waals surface area contributed by atoms with Crippen molar-refractivity contribution in [2.75, 3.05) is 26.2 Å². The molecular formula is C23H31N5O3. The van der Waals surface area contributed by atoms with Crippen LogP contribution in [0.15, 0.2) is 24.5 Å². The molecule has 3 aromatic rings. The lowest BCUT2D eigenvalue weighted by Gasteiger charge is -2.29. The molecular weight excluding hydrogens is 394 g/mol. The van der Waals surface area contributed by atoms with Gasteiger partial charge in [0.05, 0.1) is 29.7 Å². The van der Waals surface area contributed by atoms with Gasteiger partial charge in [-0.1, -0.05) is 6.92 Å². The number of pyridine rings is 1. The zero-order valence-corrected chi connectivity index (χ0v) is 18.3. The van der Waals surface area contributed by atoms with Gasteiger partial charge in [-0.25, -0.2) is 9.78 Å². The third-order valence-corrected chi connectivity index (χ3v) is 6.39. The zero-order valence-electron chi connectivity index (χ0n) is 18.3. The third-order valence-electron chi connectivity index (χ3n) is 6.39. The summed E-state index contributed by atoms with van der Waals surface area (Å²) < 4.78 is 8.11. The first kappa shape index (κ1) is 21.4. The number of rotatable bonds is 7. The number of carbonyl (C=O) groups is 1. The number of nitrogens with zero attached hydrogens (tertiary/aromatic N) is 4. The number of hydrogen-bond acceptors (Lipinski definition) is 5. The molecule has 166 valence electrons. The van der Waals surface area contributed by atoms with E-state index in [2.05, 4.69) is 18.0 Å². The number of carboxylic acid groups (broad SMARTS) is 1. The van der Waals surface area contributed by atoms with Crippen LogP contribution in [-0.4, -0.2) is 56.9 Å². The molecule has 1 fully saturated rings. The number of aryl methyl sites for hydroxylation is 1. The fourth-order valence-corrected chi connectivity index (χ4v) is 4.50. The van der Waals surface area contributed by atoms with Crippen molar-refractivity contribution in [1.29, 1.82) is 0 Å². The van der Waals surface area contributed by atoms with E-state index in [4.69, 9.17) is 20.6 Å². The molecule has 31 heavy (non-hydrogen) atoms. The predicted octanol–water partition coefficient (Wildman–Crippen LogP) is 3.73. The topological polar surface area (TPSA) is 106 Å². The highest BCUT2D eigenvalue weighted by Crippen LogP contribution is 2.32. The first-order chi connectivity index (χ1) is 15.0. The quantitative estimate of drug-likeness (QED) is 0.597. The number of ether oxygens (including phenoxy) is 1. The second kappa shape index (κ2) is 9.09. The molecule has 1 saturated heterocycles. The van der Waals surface area contributed by atoms with Gasteiger partial charge in [0, 0.05) is 31.4 Å². The summed E-state index contributed by atoms with van der Waals surface area (Å²) in [7, 11) is 2.00. The summed E-state index contributed by atoms with van der Waals surface area (Å²) in [5, 5.41) is 10.1. The zero-order chi connectivity index (χ0) is 22.0. The van der Waals surface area contributed by atoms with E-state index in [1.165, 1.54) is 4.90 Å². The summed E-state index contributed by atoms with van der Waals surface area (Å²) in [5.41, 5.74) is 9.69. The average Bonchev–Trinajstić information content (AvgIpc) is 3.15. The molecule has 1 amide bonds. The van der Waals surface area contributed by atoms with Gasteiger partial charge >= 0.3 is 6.09 Å². The molecule has 8 nitrogen and oxygen atoms in total. The Morgan fingerprint density at radius 3 is 2.84 bits per heavy atom. The van der Waals surface area contributed by atoms with Gasteiger partial charge in [-0.3, -0.25) is 4.98 Å². The van der Waals surface area contributed by atoms with Gasteiger partial charge in [0.2, 0.25) is 0 Å². The van der Waals surface area contributed by atoms with Crippen LogP contribution in [0.4, 0.5) is 4.79 Å². The van der Waals surface area contributed by atoms with Crippen molar-refractivity contribution in [2.45, 2.75) is 38.5 Å². The smallest absolute Gasteiger partial charge is 0.407 e. The lowest BCUT2D eigenvalue weighted by atomic mass is 9.94. The number of imidazole rings is 1. The molecule has 0 radical (unpaired) electrons. The van der Waals surface area contributed by atoms with E-state index in [9.17, 15) is 4.79 Å². The van der Waals surface area contributed by atoms with Crippen LogP contribution in [0.3, 0.4) is 0 Å². The summed E-state index contributed by atoms with van der Waals surface area (Å²) in [6, 6.07) is 6.04.